The molecule has 0 saturated carbocycles. The number of benzene rings is 1. The molecule has 126 valence electrons. The molecule has 3 N–H and O–H groups in total. The molecule has 0 unspecified atom stereocenters. The van der Waals surface area contributed by atoms with E-state index in [1.54, 1.807) is 18.2 Å². The molecule has 0 bridgehead atoms. The van der Waals surface area contributed by atoms with E-state index in [0.29, 0.717) is 16.8 Å². The molecule has 1 aliphatic rings. The van der Waals surface area contributed by atoms with Crippen LogP contribution in [0.1, 0.15) is 37.7 Å². The molecule has 0 atom stereocenters. The first kappa shape index (κ1) is 16.4. The van der Waals surface area contributed by atoms with Crippen molar-refractivity contribution in [2.45, 2.75) is 6.42 Å². The fourth-order valence-electron chi connectivity index (χ4n) is 2.72. The lowest BCUT2D eigenvalue weighted by atomic mass is 9.95. The van der Waals surface area contributed by atoms with Crippen LogP contribution in [0, 0.1) is 0 Å². The molecule has 0 fully saturated rings. The van der Waals surface area contributed by atoms with Crippen molar-refractivity contribution in [1.82, 2.24) is 10.3 Å². The Morgan fingerprint density at radius 3 is 2.68 bits per heavy atom. The first-order valence-electron chi connectivity index (χ1n) is 7.49. The summed E-state index contributed by atoms with van der Waals surface area (Å²) in [7, 11) is 1.44. The minimum Gasteiger partial charge on any atom is -0.478 e. The number of amides is 2. The zero-order chi connectivity index (χ0) is 18.1. The van der Waals surface area contributed by atoms with E-state index in [-0.39, 0.29) is 29.3 Å². The Hall–Kier alpha value is -3.48. The summed E-state index contributed by atoms with van der Waals surface area (Å²) in [6.45, 7) is 4.00. The van der Waals surface area contributed by atoms with E-state index >= 15 is 0 Å². The number of nitrogens with zero attached hydrogens (tertiary/aromatic N) is 1. The molecule has 7 nitrogen and oxygen atoms in total. The van der Waals surface area contributed by atoms with Crippen LogP contribution in [-0.2, 0) is 11.2 Å². The number of carboxylic acids is 1. The van der Waals surface area contributed by atoms with E-state index in [0.717, 1.165) is 5.56 Å². The third-order valence-electron chi connectivity index (χ3n) is 3.95. The van der Waals surface area contributed by atoms with Crippen LogP contribution in [-0.4, -0.2) is 34.9 Å². The van der Waals surface area contributed by atoms with Crippen molar-refractivity contribution >= 4 is 29.0 Å². The molecule has 25 heavy (non-hydrogen) atoms. The number of hydrogen-bond donors (Lipinski definition) is 3. The van der Waals surface area contributed by atoms with Gasteiger partial charge in [0.15, 0.2) is 0 Å². The standard InChI is InChI=1S/C18H15N3O4/c1-9(11-4-3-5-13-12(11)8-16(22)21-13)14-6-10(18(24)25)7-15(20-14)17(23)19-2/h3-7H,1,8H2,2H3,(H,19,23)(H,21,22)(H,24,25). The van der Waals surface area contributed by atoms with Gasteiger partial charge in [0.25, 0.3) is 5.91 Å². The highest BCUT2D eigenvalue weighted by molar-refractivity contribution is 6.02. The van der Waals surface area contributed by atoms with Crippen LogP contribution in [0.15, 0.2) is 36.9 Å². The maximum absolute atomic E-state index is 11.9. The Morgan fingerprint density at radius 2 is 2.00 bits per heavy atom. The van der Waals surface area contributed by atoms with Gasteiger partial charge in [-0.3, -0.25) is 9.59 Å². The van der Waals surface area contributed by atoms with Gasteiger partial charge in [0.2, 0.25) is 5.91 Å². The second-order valence-electron chi connectivity index (χ2n) is 5.55. The maximum atomic E-state index is 11.9. The molecule has 7 heteroatoms. The Bertz CT molecular complexity index is 934. The average Bonchev–Trinajstić information content (AvgIpc) is 2.99. The molecule has 1 aromatic carbocycles. The number of rotatable bonds is 4. The Balaban J connectivity index is 2.11. The van der Waals surface area contributed by atoms with Crippen LogP contribution < -0.4 is 10.6 Å². The quantitative estimate of drug-likeness (QED) is 0.787. The molecular formula is C18H15N3O4. The molecule has 2 amide bonds. The zero-order valence-corrected chi connectivity index (χ0v) is 13.4. The van der Waals surface area contributed by atoms with Crippen LogP contribution in [0.3, 0.4) is 0 Å². The number of nitrogens with one attached hydrogen (secondary N) is 2. The number of hydrogen-bond acceptors (Lipinski definition) is 4. The number of anilines is 1. The number of carbonyl (C=O) groups is 3. The first-order valence-corrected chi connectivity index (χ1v) is 7.49. The number of aromatic nitrogens is 1. The van der Waals surface area contributed by atoms with Crippen LogP contribution in [0.25, 0.3) is 5.57 Å². The maximum Gasteiger partial charge on any atom is 0.335 e. The summed E-state index contributed by atoms with van der Waals surface area (Å²) < 4.78 is 0. The summed E-state index contributed by atoms with van der Waals surface area (Å²) in [6.07, 6.45) is 0.214. The smallest absolute Gasteiger partial charge is 0.335 e. The third-order valence-corrected chi connectivity index (χ3v) is 3.95. The fraction of sp³-hybridized carbons (Fsp3) is 0.111. The Labute approximate surface area is 143 Å². The predicted molar refractivity (Wildman–Crippen MR) is 91.5 cm³/mol. The number of aromatic carboxylic acids is 1. The van der Waals surface area contributed by atoms with E-state index in [9.17, 15) is 19.5 Å². The van der Waals surface area contributed by atoms with Gasteiger partial charge in [0, 0.05) is 18.3 Å². The van der Waals surface area contributed by atoms with Gasteiger partial charge in [-0.05, 0) is 29.3 Å². The molecule has 2 heterocycles. The van der Waals surface area contributed by atoms with Gasteiger partial charge in [0.1, 0.15) is 5.69 Å². The molecule has 0 aliphatic carbocycles. The van der Waals surface area contributed by atoms with E-state index < -0.39 is 11.9 Å². The monoisotopic (exact) mass is 337 g/mol. The topological polar surface area (TPSA) is 108 Å². The van der Waals surface area contributed by atoms with E-state index in [1.807, 2.05) is 0 Å². The van der Waals surface area contributed by atoms with Crippen molar-refractivity contribution in [2.75, 3.05) is 12.4 Å². The van der Waals surface area contributed by atoms with Gasteiger partial charge < -0.3 is 15.7 Å². The highest BCUT2D eigenvalue weighted by Gasteiger charge is 2.23. The number of fused-ring (bicyclic) bond motifs is 1. The summed E-state index contributed by atoms with van der Waals surface area (Å²) >= 11 is 0. The lowest BCUT2D eigenvalue weighted by molar-refractivity contribution is -0.115. The zero-order valence-electron chi connectivity index (χ0n) is 13.4. The second-order valence-corrected chi connectivity index (χ2v) is 5.55. The van der Waals surface area contributed by atoms with Crippen LogP contribution in [0.4, 0.5) is 5.69 Å². The number of carbonyl (C=O) groups excluding carboxylic acids is 2. The van der Waals surface area contributed by atoms with Gasteiger partial charge >= 0.3 is 5.97 Å². The molecular weight excluding hydrogens is 322 g/mol. The molecule has 0 radical (unpaired) electrons. The number of carboxylic acid groups (broad SMARTS) is 1. The molecule has 1 aliphatic heterocycles. The van der Waals surface area contributed by atoms with Crippen molar-refractivity contribution in [1.29, 1.82) is 0 Å². The normalized spacial score (nSPS) is 12.3. The van der Waals surface area contributed by atoms with Crippen molar-refractivity contribution in [3.63, 3.8) is 0 Å². The van der Waals surface area contributed by atoms with E-state index in [4.69, 9.17) is 0 Å². The van der Waals surface area contributed by atoms with Crippen molar-refractivity contribution in [3.05, 3.63) is 65.0 Å². The molecule has 0 spiro atoms. The van der Waals surface area contributed by atoms with E-state index in [1.165, 1.54) is 19.2 Å². The number of pyridine rings is 1. The molecule has 2 aromatic rings. The van der Waals surface area contributed by atoms with Gasteiger partial charge in [-0.2, -0.15) is 0 Å². The van der Waals surface area contributed by atoms with Crippen LogP contribution >= 0.6 is 0 Å². The summed E-state index contributed by atoms with van der Waals surface area (Å²) in [6, 6.07) is 7.91. The minimum absolute atomic E-state index is 0.0136. The largest absolute Gasteiger partial charge is 0.478 e. The second kappa shape index (κ2) is 6.20. The van der Waals surface area contributed by atoms with Crippen molar-refractivity contribution in [2.24, 2.45) is 0 Å². The lowest BCUT2D eigenvalue weighted by Crippen LogP contribution is -2.20. The summed E-state index contributed by atoms with van der Waals surface area (Å²) in [4.78, 5) is 39.1. The highest BCUT2D eigenvalue weighted by atomic mass is 16.4. The average molecular weight is 337 g/mol. The molecule has 0 saturated heterocycles. The fourth-order valence-corrected chi connectivity index (χ4v) is 2.72. The predicted octanol–water partition coefficient (Wildman–Crippen LogP) is 1.70. The summed E-state index contributed by atoms with van der Waals surface area (Å²) in [5.41, 5.74) is 2.81. The highest BCUT2D eigenvalue weighted by Crippen LogP contribution is 2.32. The van der Waals surface area contributed by atoms with Crippen molar-refractivity contribution < 1.29 is 19.5 Å². The van der Waals surface area contributed by atoms with Crippen LogP contribution in [0.2, 0.25) is 0 Å². The van der Waals surface area contributed by atoms with Gasteiger partial charge in [-0.1, -0.05) is 18.7 Å². The lowest BCUT2D eigenvalue weighted by Gasteiger charge is -2.12. The van der Waals surface area contributed by atoms with Gasteiger partial charge in [-0.15, -0.1) is 0 Å². The Morgan fingerprint density at radius 1 is 1.28 bits per heavy atom. The SMILES string of the molecule is C=C(c1cc(C(=O)O)cc(C(=O)NC)n1)c1cccc2c1CC(=O)N2. The first-order chi connectivity index (χ1) is 11.9. The van der Waals surface area contributed by atoms with Crippen molar-refractivity contribution in [3.8, 4) is 0 Å². The minimum atomic E-state index is -1.17. The van der Waals surface area contributed by atoms with Gasteiger partial charge in [0.05, 0.1) is 17.7 Å². The third kappa shape index (κ3) is 2.99. The summed E-state index contributed by atoms with van der Waals surface area (Å²) in [5, 5.41) is 14.5. The summed E-state index contributed by atoms with van der Waals surface area (Å²) in [5.74, 6) is -1.78. The van der Waals surface area contributed by atoms with Gasteiger partial charge in [-0.25, -0.2) is 9.78 Å². The van der Waals surface area contributed by atoms with E-state index in [2.05, 4.69) is 22.2 Å². The molecule has 1 aromatic heterocycles. The van der Waals surface area contributed by atoms with Crippen LogP contribution in [0.5, 0.6) is 0 Å². The molecule has 3 rings (SSSR count). The Kier molecular flexibility index (Phi) is 4.06.